The van der Waals surface area contributed by atoms with E-state index in [4.69, 9.17) is 5.73 Å². The quantitative estimate of drug-likeness (QED) is 0.501. The van der Waals surface area contributed by atoms with Crippen molar-refractivity contribution in [3.8, 4) is 0 Å². The normalized spacial score (nSPS) is 11.4. The number of benzene rings is 1. The van der Waals surface area contributed by atoms with Gasteiger partial charge in [0.25, 0.3) is 5.91 Å². The van der Waals surface area contributed by atoms with Crippen LogP contribution in [-0.4, -0.2) is 36.7 Å². The molecule has 1 aromatic carbocycles. The Hall–Kier alpha value is -3.55. The summed E-state index contributed by atoms with van der Waals surface area (Å²) in [6.45, 7) is 4.12. The van der Waals surface area contributed by atoms with E-state index in [1.165, 1.54) is 0 Å². The van der Waals surface area contributed by atoms with Gasteiger partial charge in [-0.3, -0.25) is 9.59 Å². The van der Waals surface area contributed by atoms with Crippen LogP contribution in [0.2, 0.25) is 0 Å². The number of Topliss-reactive ketones (excluding diaryl/α,β-unsaturated/α-hetero) is 1. The number of H-pyrrole nitrogens is 1. The molecule has 0 saturated carbocycles. The fraction of sp³-hybridized carbons (Fsp3) is 0.250. The highest BCUT2D eigenvalue weighted by molar-refractivity contribution is 6.08. The number of fused-ring (bicyclic) bond motifs is 2. The van der Waals surface area contributed by atoms with Gasteiger partial charge in [0.05, 0.1) is 0 Å². The molecular formula is C20H20N6O2. The molecule has 3 heterocycles. The van der Waals surface area contributed by atoms with Crippen LogP contribution in [0.1, 0.15) is 52.4 Å². The van der Waals surface area contributed by atoms with Crippen molar-refractivity contribution in [3.63, 3.8) is 0 Å². The highest BCUT2D eigenvalue weighted by atomic mass is 16.1. The summed E-state index contributed by atoms with van der Waals surface area (Å²) in [5.41, 5.74) is 10.3. The monoisotopic (exact) mass is 376 g/mol. The predicted octanol–water partition coefficient (Wildman–Crippen LogP) is 2.61. The zero-order valence-corrected chi connectivity index (χ0v) is 15.7. The van der Waals surface area contributed by atoms with Crippen LogP contribution in [0.25, 0.3) is 22.1 Å². The molecule has 0 aliphatic carbocycles. The van der Waals surface area contributed by atoms with E-state index < -0.39 is 5.91 Å². The fourth-order valence-electron chi connectivity index (χ4n) is 3.63. The third-order valence-electron chi connectivity index (χ3n) is 4.83. The van der Waals surface area contributed by atoms with Gasteiger partial charge in [0.15, 0.2) is 5.78 Å². The number of aromatic nitrogens is 5. The second-order valence-corrected chi connectivity index (χ2v) is 6.79. The molecule has 142 valence electrons. The number of hydrogen-bond donors (Lipinski definition) is 2. The molecule has 0 saturated heterocycles. The fourth-order valence-corrected chi connectivity index (χ4v) is 3.63. The summed E-state index contributed by atoms with van der Waals surface area (Å²) in [4.78, 5) is 28.5. The van der Waals surface area contributed by atoms with Crippen molar-refractivity contribution in [3.05, 3.63) is 52.8 Å². The highest BCUT2D eigenvalue weighted by Gasteiger charge is 2.22. The van der Waals surface area contributed by atoms with Crippen molar-refractivity contribution in [2.24, 2.45) is 5.73 Å². The molecule has 4 rings (SSSR count). The van der Waals surface area contributed by atoms with Crippen molar-refractivity contribution in [2.75, 3.05) is 0 Å². The van der Waals surface area contributed by atoms with Crippen molar-refractivity contribution in [1.29, 1.82) is 0 Å². The van der Waals surface area contributed by atoms with Gasteiger partial charge in [-0.25, -0.2) is 4.98 Å². The van der Waals surface area contributed by atoms with Gasteiger partial charge in [0.1, 0.15) is 22.4 Å². The topological polar surface area (TPSA) is 120 Å². The van der Waals surface area contributed by atoms with Crippen LogP contribution in [0.3, 0.4) is 0 Å². The molecule has 0 atom stereocenters. The van der Waals surface area contributed by atoms with E-state index in [1.54, 1.807) is 19.1 Å². The van der Waals surface area contributed by atoms with E-state index in [9.17, 15) is 9.59 Å². The molecule has 0 bridgehead atoms. The first-order valence-corrected chi connectivity index (χ1v) is 9.11. The van der Waals surface area contributed by atoms with Crippen LogP contribution in [0.15, 0.2) is 30.3 Å². The van der Waals surface area contributed by atoms with E-state index in [-0.39, 0.29) is 11.5 Å². The molecule has 4 aromatic rings. The molecule has 3 aromatic heterocycles. The number of primary amides is 1. The first kappa shape index (κ1) is 17.8. The molecule has 28 heavy (non-hydrogen) atoms. The Kier molecular flexibility index (Phi) is 4.38. The lowest BCUT2D eigenvalue weighted by molar-refractivity contribution is 0.0993. The maximum Gasteiger partial charge on any atom is 0.267 e. The molecule has 0 unspecified atom stereocenters. The highest BCUT2D eigenvalue weighted by Crippen LogP contribution is 2.28. The molecule has 0 aliphatic rings. The van der Waals surface area contributed by atoms with Crippen molar-refractivity contribution >= 4 is 33.8 Å². The Morgan fingerprint density at radius 1 is 1.14 bits per heavy atom. The standard InChI is InChI=1S/C20H20N6O2/c1-3-4-17-18(11(2)27)13-6-8-15(19(21)28)22-20(13)26(17)10-12-5-7-14-16(9-12)24-25-23-14/h5-9H,3-4,10H2,1-2H3,(H2,21,28)(H,23,24,25). The van der Waals surface area contributed by atoms with Crippen molar-refractivity contribution in [1.82, 2.24) is 25.0 Å². The first-order valence-electron chi connectivity index (χ1n) is 9.11. The van der Waals surface area contributed by atoms with Gasteiger partial charge >= 0.3 is 0 Å². The summed E-state index contributed by atoms with van der Waals surface area (Å²) in [5, 5.41) is 11.6. The van der Waals surface area contributed by atoms with Crippen LogP contribution >= 0.6 is 0 Å². The molecule has 0 radical (unpaired) electrons. The number of nitrogens with one attached hydrogen (secondary N) is 1. The second kappa shape index (κ2) is 6.88. The number of nitrogens with zero attached hydrogens (tertiary/aromatic N) is 4. The Bertz CT molecular complexity index is 1220. The maximum absolute atomic E-state index is 12.4. The van der Waals surface area contributed by atoms with E-state index >= 15 is 0 Å². The van der Waals surface area contributed by atoms with Gasteiger partial charge in [0, 0.05) is 23.2 Å². The number of amides is 1. The van der Waals surface area contributed by atoms with Crippen LogP contribution in [0, 0.1) is 0 Å². The molecule has 1 amide bonds. The average Bonchev–Trinajstić information content (AvgIpc) is 3.24. The van der Waals surface area contributed by atoms with E-state index in [1.807, 2.05) is 22.8 Å². The summed E-state index contributed by atoms with van der Waals surface area (Å²) in [7, 11) is 0. The van der Waals surface area contributed by atoms with E-state index in [2.05, 4.69) is 27.3 Å². The van der Waals surface area contributed by atoms with Crippen molar-refractivity contribution < 1.29 is 9.59 Å². The van der Waals surface area contributed by atoms with E-state index in [0.29, 0.717) is 17.8 Å². The minimum atomic E-state index is -0.597. The van der Waals surface area contributed by atoms with Crippen LogP contribution in [-0.2, 0) is 13.0 Å². The lowest BCUT2D eigenvalue weighted by Crippen LogP contribution is -2.14. The zero-order chi connectivity index (χ0) is 19.8. The smallest absolute Gasteiger partial charge is 0.267 e. The number of pyridine rings is 1. The Labute approximate surface area is 160 Å². The molecule has 8 nitrogen and oxygen atoms in total. The zero-order valence-electron chi connectivity index (χ0n) is 15.7. The number of aromatic amines is 1. The lowest BCUT2D eigenvalue weighted by atomic mass is 10.1. The van der Waals surface area contributed by atoms with Gasteiger partial charge in [-0.05, 0) is 43.2 Å². The lowest BCUT2D eigenvalue weighted by Gasteiger charge is -2.11. The summed E-state index contributed by atoms with van der Waals surface area (Å²) < 4.78 is 2.00. The third-order valence-corrected chi connectivity index (χ3v) is 4.83. The molecule has 3 N–H and O–H groups in total. The number of carbonyl (C=O) groups is 2. The first-order chi connectivity index (χ1) is 13.5. The number of carbonyl (C=O) groups excluding carboxylic acids is 2. The minimum absolute atomic E-state index is 0.0206. The van der Waals surface area contributed by atoms with Crippen LogP contribution in [0.5, 0.6) is 0 Å². The van der Waals surface area contributed by atoms with Gasteiger partial charge in [-0.1, -0.05) is 19.4 Å². The average molecular weight is 376 g/mol. The summed E-state index contributed by atoms with van der Waals surface area (Å²) in [6.07, 6.45) is 1.60. The van der Waals surface area contributed by atoms with Gasteiger partial charge < -0.3 is 10.3 Å². The predicted molar refractivity (Wildman–Crippen MR) is 105 cm³/mol. The van der Waals surface area contributed by atoms with Crippen LogP contribution < -0.4 is 5.73 Å². The third kappa shape index (κ3) is 2.92. The van der Waals surface area contributed by atoms with E-state index in [0.717, 1.165) is 40.5 Å². The summed E-state index contributed by atoms with van der Waals surface area (Å²) >= 11 is 0. The second-order valence-electron chi connectivity index (χ2n) is 6.79. The maximum atomic E-state index is 12.4. The summed E-state index contributed by atoms with van der Waals surface area (Å²) in [5.74, 6) is -0.618. The number of hydrogen-bond acceptors (Lipinski definition) is 5. The Morgan fingerprint density at radius 2 is 1.93 bits per heavy atom. The number of nitrogens with two attached hydrogens (primary N) is 1. The molecular weight excluding hydrogens is 356 g/mol. The van der Waals surface area contributed by atoms with Gasteiger partial charge in [-0.2, -0.15) is 15.4 Å². The SMILES string of the molecule is CCCc1c(C(C)=O)c2ccc(C(N)=O)nc2n1Cc1ccc2n[nH]nc2c1. The number of ketones is 1. The number of rotatable bonds is 6. The summed E-state index contributed by atoms with van der Waals surface area (Å²) in [6, 6.07) is 9.14. The van der Waals surface area contributed by atoms with Gasteiger partial charge in [0.2, 0.25) is 0 Å². The van der Waals surface area contributed by atoms with Gasteiger partial charge in [-0.15, -0.1) is 0 Å². The molecule has 0 fully saturated rings. The van der Waals surface area contributed by atoms with Crippen LogP contribution in [0.4, 0.5) is 0 Å². The molecule has 0 spiro atoms. The Morgan fingerprint density at radius 3 is 2.64 bits per heavy atom. The molecule has 0 aliphatic heterocycles. The minimum Gasteiger partial charge on any atom is -0.364 e. The van der Waals surface area contributed by atoms with Crippen molar-refractivity contribution in [2.45, 2.75) is 33.2 Å². The Balaban J connectivity index is 1.94. The molecule has 8 heteroatoms. The largest absolute Gasteiger partial charge is 0.364 e.